The number of aliphatic hydroxyl groups is 2. The predicted molar refractivity (Wildman–Crippen MR) is 134 cm³/mol. The van der Waals surface area contributed by atoms with Gasteiger partial charge >= 0.3 is 0 Å². The lowest BCUT2D eigenvalue weighted by Crippen LogP contribution is -2.29. The molecule has 0 radical (unpaired) electrons. The van der Waals surface area contributed by atoms with E-state index in [1.54, 1.807) is 6.92 Å². The molecule has 35 heavy (non-hydrogen) atoms. The Hall–Kier alpha value is -2.90. The number of amides is 2. The van der Waals surface area contributed by atoms with Crippen molar-refractivity contribution in [2.24, 2.45) is 21.7 Å². The zero-order valence-corrected chi connectivity index (χ0v) is 20.8. The Morgan fingerprint density at radius 2 is 1.66 bits per heavy atom. The van der Waals surface area contributed by atoms with Crippen LogP contribution in [0.2, 0.25) is 0 Å². The van der Waals surface area contributed by atoms with Gasteiger partial charge in [0.1, 0.15) is 0 Å². The zero-order chi connectivity index (χ0) is 25.8. The molecule has 0 fully saturated rings. The summed E-state index contributed by atoms with van der Waals surface area (Å²) in [6, 6.07) is 5.70. The van der Waals surface area contributed by atoms with Crippen LogP contribution >= 0.6 is 11.3 Å². The highest BCUT2D eigenvalue weighted by atomic mass is 32.1. The minimum Gasteiger partial charge on any atom is -0.394 e. The maximum atomic E-state index is 11.9. The molecule has 1 heterocycles. The number of primary amides is 2. The van der Waals surface area contributed by atoms with E-state index in [1.165, 1.54) is 0 Å². The molecular weight excluding hydrogens is 474 g/mol. The lowest BCUT2D eigenvalue weighted by atomic mass is 10.1. The molecule has 0 aliphatic heterocycles. The van der Waals surface area contributed by atoms with Gasteiger partial charge in [-0.15, -0.1) is 21.6 Å². The number of aliphatic hydroxyl groups excluding tert-OH is 2. The fraction of sp³-hybridized carbons (Fsp3) is 0.478. The summed E-state index contributed by atoms with van der Waals surface area (Å²) in [5.41, 5.74) is 13.8. The van der Waals surface area contributed by atoms with Gasteiger partial charge in [0.25, 0.3) is 11.8 Å². The van der Waals surface area contributed by atoms with E-state index in [-0.39, 0.29) is 35.3 Å². The van der Waals surface area contributed by atoms with E-state index in [2.05, 4.69) is 15.1 Å². The third-order valence-electron chi connectivity index (χ3n) is 5.09. The molecule has 192 valence electrons. The molecule has 0 aliphatic carbocycles. The Labute approximate surface area is 208 Å². The first-order valence-electron chi connectivity index (χ1n) is 11.2. The molecule has 0 saturated carbocycles. The van der Waals surface area contributed by atoms with Crippen molar-refractivity contribution in [1.29, 1.82) is 0 Å². The van der Waals surface area contributed by atoms with Crippen LogP contribution < -0.4 is 16.4 Å². The number of rotatable bonds is 16. The van der Waals surface area contributed by atoms with Gasteiger partial charge in [0, 0.05) is 25.4 Å². The van der Waals surface area contributed by atoms with Crippen LogP contribution in [0.3, 0.4) is 0 Å². The van der Waals surface area contributed by atoms with E-state index in [1.807, 2.05) is 25.1 Å². The van der Waals surface area contributed by atoms with Crippen LogP contribution in [0.15, 0.2) is 28.4 Å². The van der Waals surface area contributed by atoms with Crippen LogP contribution in [-0.2, 0) is 9.47 Å². The number of benzene rings is 1. The fourth-order valence-corrected chi connectivity index (χ4v) is 4.36. The second kappa shape index (κ2) is 14.5. The van der Waals surface area contributed by atoms with Gasteiger partial charge in [0.05, 0.1) is 49.2 Å². The molecule has 0 saturated heterocycles. The van der Waals surface area contributed by atoms with Crippen molar-refractivity contribution in [3.8, 4) is 0 Å². The Kier molecular flexibility index (Phi) is 11.7. The summed E-state index contributed by atoms with van der Waals surface area (Å²) in [5.74, 6) is -1.35. The number of nitrogens with two attached hydrogens (primary N) is 2. The van der Waals surface area contributed by atoms with E-state index in [0.29, 0.717) is 44.2 Å². The van der Waals surface area contributed by atoms with Crippen molar-refractivity contribution in [1.82, 2.24) is 0 Å². The van der Waals surface area contributed by atoms with E-state index in [9.17, 15) is 9.59 Å². The number of carbonyl (C=O) groups excluding carboxylic acids is 2. The van der Waals surface area contributed by atoms with Crippen LogP contribution in [0.25, 0.3) is 0 Å². The van der Waals surface area contributed by atoms with Gasteiger partial charge in [-0.3, -0.25) is 9.59 Å². The number of hydrogen-bond acceptors (Lipinski definition) is 10. The molecule has 2 aromatic rings. The molecule has 2 rings (SSSR count). The van der Waals surface area contributed by atoms with Gasteiger partial charge in [0.15, 0.2) is 5.00 Å². The van der Waals surface area contributed by atoms with E-state index < -0.39 is 11.8 Å². The molecule has 0 bridgehead atoms. The number of nitrogens with zero attached hydrogens (tertiary/aromatic N) is 3. The molecule has 0 aliphatic rings. The quantitative estimate of drug-likeness (QED) is 0.199. The minimum atomic E-state index is -0.700. The molecule has 11 nitrogen and oxygen atoms in total. The number of anilines is 1. The molecule has 12 heteroatoms. The topological polar surface area (TPSA) is 173 Å². The van der Waals surface area contributed by atoms with Gasteiger partial charge in [0.2, 0.25) is 0 Å². The Bertz CT molecular complexity index is 1030. The summed E-state index contributed by atoms with van der Waals surface area (Å²) < 4.78 is 10.8. The number of azo groups is 1. The lowest BCUT2D eigenvalue weighted by molar-refractivity contribution is 0.0890. The van der Waals surface area contributed by atoms with Crippen molar-refractivity contribution in [3.05, 3.63) is 39.8 Å². The van der Waals surface area contributed by atoms with Crippen molar-refractivity contribution >= 4 is 39.5 Å². The molecular formula is C23H33N5O6S. The highest BCUT2D eigenvalue weighted by Crippen LogP contribution is 2.36. The van der Waals surface area contributed by atoms with Gasteiger partial charge < -0.3 is 36.1 Å². The molecule has 0 unspecified atom stereocenters. The Balaban J connectivity index is 2.20. The number of ether oxygens (including phenoxy) is 2. The van der Waals surface area contributed by atoms with Gasteiger partial charge in [-0.05, 0) is 49.6 Å². The van der Waals surface area contributed by atoms with Crippen molar-refractivity contribution in [3.63, 3.8) is 0 Å². The summed E-state index contributed by atoms with van der Waals surface area (Å²) in [6.45, 7) is 6.34. The second-order valence-electron chi connectivity index (χ2n) is 7.65. The Morgan fingerprint density at radius 3 is 2.26 bits per heavy atom. The molecule has 2 amide bonds. The van der Waals surface area contributed by atoms with E-state index in [0.717, 1.165) is 29.0 Å². The summed E-state index contributed by atoms with van der Waals surface area (Å²) in [7, 11) is 0. The number of aryl methyl sites for hydroxylation is 1. The number of hydrogen-bond donors (Lipinski definition) is 4. The Morgan fingerprint density at radius 1 is 0.971 bits per heavy atom. The van der Waals surface area contributed by atoms with Crippen molar-refractivity contribution in [2.75, 3.05) is 57.6 Å². The summed E-state index contributed by atoms with van der Waals surface area (Å²) >= 11 is 0.980. The third-order valence-corrected chi connectivity index (χ3v) is 6.28. The van der Waals surface area contributed by atoms with Gasteiger partial charge in [-0.25, -0.2) is 0 Å². The monoisotopic (exact) mass is 507 g/mol. The molecule has 1 aromatic heterocycles. The lowest BCUT2D eigenvalue weighted by Gasteiger charge is -2.25. The standard InChI is InChI=1S/C23H33N5O6S/c1-15-14-17(28(7-11-34-13-9-30)6-3-10-33-12-8-29)4-5-18(15)26-27-23-19(21(24)31)16(2)20(35-23)22(25)32/h4-5,14,29-30H,3,6-13H2,1-2H3,(H2,24,31)(H2,25,32)/b27-26+. The average Bonchev–Trinajstić information content (AvgIpc) is 3.16. The van der Waals surface area contributed by atoms with Crippen LogP contribution in [0, 0.1) is 13.8 Å². The number of carbonyl (C=O) groups is 2. The molecule has 0 spiro atoms. The predicted octanol–water partition coefficient (Wildman–Crippen LogP) is 2.19. The highest BCUT2D eigenvalue weighted by molar-refractivity contribution is 7.18. The number of thiophene rings is 1. The first kappa shape index (κ1) is 28.3. The van der Waals surface area contributed by atoms with E-state index >= 15 is 0 Å². The molecule has 6 N–H and O–H groups in total. The minimum absolute atomic E-state index is 0.0102. The van der Waals surface area contributed by atoms with Gasteiger partial charge in [-0.2, -0.15) is 0 Å². The van der Waals surface area contributed by atoms with Crippen molar-refractivity contribution < 1.29 is 29.3 Å². The van der Waals surface area contributed by atoms with E-state index in [4.69, 9.17) is 31.2 Å². The first-order valence-corrected chi connectivity index (χ1v) is 12.0. The molecule has 0 atom stereocenters. The van der Waals surface area contributed by atoms with Crippen LogP contribution in [0.1, 0.15) is 37.6 Å². The summed E-state index contributed by atoms with van der Waals surface area (Å²) in [4.78, 5) is 25.9. The average molecular weight is 508 g/mol. The SMILES string of the molecule is Cc1cc(N(CCCOCCO)CCOCCO)ccc1/N=N/c1sc(C(N)=O)c(C)c1C(N)=O. The summed E-state index contributed by atoms with van der Waals surface area (Å²) in [6.07, 6.45) is 0.760. The van der Waals surface area contributed by atoms with Crippen LogP contribution in [0.5, 0.6) is 0 Å². The largest absolute Gasteiger partial charge is 0.394 e. The van der Waals surface area contributed by atoms with Crippen LogP contribution in [0.4, 0.5) is 16.4 Å². The fourth-order valence-electron chi connectivity index (χ4n) is 3.38. The maximum absolute atomic E-state index is 11.9. The first-order chi connectivity index (χ1) is 16.8. The molecule has 1 aromatic carbocycles. The zero-order valence-electron chi connectivity index (χ0n) is 20.0. The third kappa shape index (κ3) is 8.37. The maximum Gasteiger partial charge on any atom is 0.259 e. The smallest absolute Gasteiger partial charge is 0.259 e. The summed E-state index contributed by atoms with van der Waals surface area (Å²) in [5, 5.41) is 26.5. The van der Waals surface area contributed by atoms with Gasteiger partial charge in [-0.1, -0.05) is 0 Å². The van der Waals surface area contributed by atoms with Crippen LogP contribution in [-0.4, -0.2) is 74.8 Å². The highest BCUT2D eigenvalue weighted by Gasteiger charge is 2.22. The second-order valence-corrected chi connectivity index (χ2v) is 8.65. The normalized spacial score (nSPS) is 11.3. The van der Waals surface area contributed by atoms with Crippen molar-refractivity contribution in [2.45, 2.75) is 20.3 Å².